The van der Waals surface area contributed by atoms with Crippen LogP contribution in [0.4, 0.5) is 10.5 Å². The Hall–Kier alpha value is -3.03. The van der Waals surface area contributed by atoms with E-state index in [0.29, 0.717) is 16.5 Å². The number of carbonyl (C=O) groups is 1. The van der Waals surface area contributed by atoms with E-state index < -0.39 is 15.9 Å². The third-order valence-corrected chi connectivity index (χ3v) is 6.80. The Labute approximate surface area is 187 Å². The number of halogens is 1. The largest absolute Gasteiger partial charge is 0.496 e. The van der Waals surface area contributed by atoms with Crippen molar-refractivity contribution in [3.63, 3.8) is 0 Å². The molecule has 162 valence electrons. The van der Waals surface area contributed by atoms with Crippen molar-refractivity contribution >= 4 is 33.2 Å². The zero-order chi connectivity index (χ0) is 22.4. The number of ether oxygens (including phenoxy) is 1. The summed E-state index contributed by atoms with van der Waals surface area (Å²) >= 11 is 6.44. The number of benzene rings is 3. The van der Waals surface area contributed by atoms with Gasteiger partial charge in [0.05, 0.1) is 22.8 Å². The van der Waals surface area contributed by atoms with Gasteiger partial charge in [-0.25, -0.2) is 13.2 Å². The smallest absolute Gasteiger partial charge is 0.319 e. The third kappa shape index (κ3) is 5.57. The summed E-state index contributed by atoms with van der Waals surface area (Å²) in [6.07, 6.45) is 0. The van der Waals surface area contributed by atoms with Crippen molar-refractivity contribution in [3.8, 4) is 16.9 Å². The molecule has 0 aliphatic carbocycles. The van der Waals surface area contributed by atoms with Crippen molar-refractivity contribution in [2.24, 2.45) is 0 Å². The van der Waals surface area contributed by atoms with Crippen LogP contribution in [0.15, 0.2) is 71.6 Å². The second kappa shape index (κ2) is 9.85. The van der Waals surface area contributed by atoms with Crippen LogP contribution in [0, 0.1) is 0 Å². The van der Waals surface area contributed by atoms with Crippen LogP contribution in [-0.4, -0.2) is 27.3 Å². The number of amides is 2. The molecule has 0 spiro atoms. The Morgan fingerprint density at radius 1 is 1.00 bits per heavy atom. The monoisotopic (exact) mass is 458 g/mol. The number of hydrogen-bond acceptors (Lipinski definition) is 4. The number of rotatable bonds is 7. The lowest BCUT2D eigenvalue weighted by atomic mass is 10.0. The van der Waals surface area contributed by atoms with Crippen LogP contribution in [0.25, 0.3) is 11.1 Å². The summed E-state index contributed by atoms with van der Waals surface area (Å²) in [5.41, 5.74) is 2.99. The molecule has 0 radical (unpaired) electrons. The van der Waals surface area contributed by atoms with Crippen molar-refractivity contribution in [2.75, 3.05) is 18.2 Å². The number of urea groups is 1. The molecule has 3 aromatic rings. The van der Waals surface area contributed by atoms with Crippen LogP contribution in [-0.2, 0) is 16.4 Å². The Morgan fingerprint density at radius 3 is 2.35 bits per heavy atom. The minimum absolute atomic E-state index is 0.0470. The first kappa shape index (κ1) is 22.7. The molecule has 6 nitrogen and oxygen atoms in total. The minimum atomic E-state index is -3.24. The van der Waals surface area contributed by atoms with Gasteiger partial charge < -0.3 is 15.4 Å². The van der Waals surface area contributed by atoms with Crippen molar-refractivity contribution in [1.82, 2.24) is 5.32 Å². The van der Waals surface area contributed by atoms with Gasteiger partial charge in [-0.05, 0) is 35.9 Å². The summed E-state index contributed by atoms with van der Waals surface area (Å²) < 4.78 is 29.1. The lowest BCUT2D eigenvalue weighted by Crippen LogP contribution is -2.28. The molecule has 0 aromatic heterocycles. The molecule has 0 fully saturated rings. The lowest BCUT2D eigenvalue weighted by Gasteiger charge is -2.12. The topological polar surface area (TPSA) is 84.5 Å². The number of nitrogens with one attached hydrogen (secondary N) is 2. The van der Waals surface area contributed by atoms with Gasteiger partial charge in [-0.15, -0.1) is 0 Å². The number of para-hydroxylation sites is 1. The van der Waals surface area contributed by atoms with Crippen LogP contribution >= 0.6 is 11.6 Å². The Kier molecular flexibility index (Phi) is 7.20. The van der Waals surface area contributed by atoms with Crippen molar-refractivity contribution in [1.29, 1.82) is 0 Å². The number of methoxy groups -OCH3 is 1. The highest BCUT2D eigenvalue weighted by Gasteiger charge is 2.12. The van der Waals surface area contributed by atoms with E-state index in [1.54, 1.807) is 50.4 Å². The number of sulfone groups is 1. The number of hydrogen-bond donors (Lipinski definition) is 2. The summed E-state index contributed by atoms with van der Waals surface area (Å²) in [5, 5.41) is 5.97. The zero-order valence-corrected chi connectivity index (χ0v) is 18.8. The average Bonchev–Trinajstić information content (AvgIpc) is 2.78. The highest BCUT2D eigenvalue weighted by atomic mass is 35.5. The summed E-state index contributed by atoms with van der Waals surface area (Å²) in [7, 11) is -1.64. The molecule has 0 bridgehead atoms. The van der Waals surface area contributed by atoms with Crippen LogP contribution in [0.2, 0.25) is 5.02 Å². The highest BCUT2D eigenvalue weighted by molar-refractivity contribution is 7.91. The first-order valence-corrected chi connectivity index (χ1v) is 11.7. The van der Waals surface area contributed by atoms with E-state index in [-0.39, 0.29) is 17.2 Å². The van der Waals surface area contributed by atoms with E-state index in [4.69, 9.17) is 16.3 Å². The van der Waals surface area contributed by atoms with E-state index in [2.05, 4.69) is 10.6 Å². The molecule has 3 rings (SSSR count). The van der Waals surface area contributed by atoms with Crippen molar-refractivity contribution in [2.45, 2.75) is 18.4 Å². The molecule has 2 N–H and O–H groups in total. The van der Waals surface area contributed by atoms with Gasteiger partial charge in [-0.2, -0.15) is 0 Å². The van der Waals surface area contributed by atoms with Crippen molar-refractivity contribution in [3.05, 3.63) is 77.3 Å². The van der Waals surface area contributed by atoms with E-state index >= 15 is 0 Å². The van der Waals surface area contributed by atoms with E-state index in [9.17, 15) is 13.2 Å². The third-order valence-electron chi connectivity index (χ3n) is 4.74. The van der Waals surface area contributed by atoms with Crippen LogP contribution in [0.3, 0.4) is 0 Å². The summed E-state index contributed by atoms with van der Waals surface area (Å²) in [4.78, 5) is 12.5. The Morgan fingerprint density at radius 2 is 1.71 bits per heavy atom. The van der Waals surface area contributed by atoms with E-state index in [1.165, 1.54) is 0 Å². The molecule has 0 aliphatic heterocycles. The molecular weight excluding hydrogens is 436 g/mol. The highest BCUT2D eigenvalue weighted by Crippen LogP contribution is 2.35. The maximum atomic E-state index is 12.2. The van der Waals surface area contributed by atoms with Gasteiger partial charge in [0.25, 0.3) is 0 Å². The van der Waals surface area contributed by atoms with Gasteiger partial charge in [-0.3, -0.25) is 0 Å². The quantitative estimate of drug-likeness (QED) is 0.514. The Bertz CT molecular complexity index is 1180. The average molecular weight is 459 g/mol. The molecule has 0 heterocycles. The number of carbonyl (C=O) groups excluding carboxylic acids is 1. The first-order valence-electron chi connectivity index (χ1n) is 9.63. The van der Waals surface area contributed by atoms with Crippen LogP contribution < -0.4 is 15.4 Å². The van der Waals surface area contributed by atoms with Gasteiger partial charge in [0, 0.05) is 23.4 Å². The molecule has 8 heteroatoms. The van der Waals surface area contributed by atoms with Crippen LogP contribution in [0.1, 0.15) is 12.5 Å². The normalized spacial score (nSPS) is 11.1. The fourth-order valence-electron chi connectivity index (χ4n) is 3.02. The van der Waals surface area contributed by atoms with Gasteiger partial charge >= 0.3 is 6.03 Å². The van der Waals surface area contributed by atoms with Gasteiger partial charge in [0.1, 0.15) is 5.75 Å². The van der Waals surface area contributed by atoms with E-state index in [1.807, 2.05) is 30.3 Å². The minimum Gasteiger partial charge on any atom is -0.496 e. The second-order valence-corrected chi connectivity index (χ2v) is 9.44. The molecule has 2 amide bonds. The zero-order valence-electron chi connectivity index (χ0n) is 17.2. The van der Waals surface area contributed by atoms with Crippen molar-refractivity contribution < 1.29 is 17.9 Å². The van der Waals surface area contributed by atoms with Gasteiger partial charge in [-0.1, -0.05) is 54.9 Å². The molecular formula is C23H23ClN2O4S. The lowest BCUT2D eigenvalue weighted by molar-refractivity contribution is 0.251. The molecule has 0 atom stereocenters. The molecule has 0 aliphatic rings. The second-order valence-electron chi connectivity index (χ2n) is 6.75. The van der Waals surface area contributed by atoms with Crippen LogP contribution in [0.5, 0.6) is 5.75 Å². The first-order chi connectivity index (χ1) is 14.8. The fraction of sp³-hybridized carbons (Fsp3) is 0.174. The predicted octanol–water partition coefficient (Wildman–Crippen LogP) is 5.13. The predicted molar refractivity (Wildman–Crippen MR) is 123 cm³/mol. The number of anilines is 1. The summed E-state index contributed by atoms with van der Waals surface area (Å²) in [5.74, 6) is 0.756. The summed E-state index contributed by atoms with van der Waals surface area (Å²) in [6.45, 7) is 1.86. The van der Waals surface area contributed by atoms with Gasteiger partial charge in [0.2, 0.25) is 0 Å². The summed E-state index contributed by atoms with van der Waals surface area (Å²) in [6, 6.07) is 18.9. The molecule has 0 saturated carbocycles. The van der Waals surface area contributed by atoms with E-state index in [0.717, 1.165) is 16.7 Å². The molecule has 3 aromatic carbocycles. The maximum absolute atomic E-state index is 12.2. The Balaban J connectivity index is 1.63. The molecule has 0 unspecified atom stereocenters. The standard InChI is InChI=1S/C23H23ClN2O4S/c1-3-31(28,29)18-11-8-16(9-12-18)15-25-23(27)26-17-10-13-19(21(24)14-17)20-6-4-5-7-22(20)30-2/h4-14H,3,15H2,1-2H3,(H2,25,26,27). The molecule has 0 saturated heterocycles. The SMILES string of the molecule is CCS(=O)(=O)c1ccc(CNC(=O)Nc2ccc(-c3ccccc3OC)c(Cl)c2)cc1. The van der Waals surface area contributed by atoms with Gasteiger partial charge in [0.15, 0.2) is 9.84 Å². The molecule has 31 heavy (non-hydrogen) atoms. The maximum Gasteiger partial charge on any atom is 0.319 e. The fourth-order valence-corrected chi connectivity index (χ4v) is 4.18.